The van der Waals surface area contributed by atoms with Crippen molar-refractivity contribution in [3.05, 3.63) is 41.1 Å². The third kappa shape index (κ3) is 3.89. The number of rotatable bonds is 4. The van der Waals surface area contributed by atoms with Crippen molar-refractivity contribution in [3.8, 4) is 11.3 Å². The van der Waals surface area contributed by atoms with E-state index in [9.17, 15) is 9.59 Å². The highest BCUT2D eigenvalue weighted by Crippen LogP contribution is 2.29. The van der Waals surface area contributed by atoms with Crippen LogP contribution in [0.25, 0.3) is 11.3 Å². The van der Waals surface area contributed by atoms with Crippen LogP contribution in [-0.4, -0.2) is 46.0 Å². The Bertz CT molecular complexity index is 861. The minimum atomic E-state index is -0.0227. The Morgan fingerprint density at radius 2 is 1.85 bits per heavy atom. The Morgan fingerprint density at radius 3 is 2.52 bits per heavy atom. The smallest absolute Gasteiger partial charge is 0.271 e. The van der Waals surface area contributed by atoms with E-state index in [-0.39, 0.29) is 23.8 Å². The number of aryl methyl sites for hydroxylation is 2. The Labute approximate surface area is 159 Å². The SMILES string of the molecule is Cc1ccc(-c2cc(C(=O)N3CCC(NC(=O)C4CC4)CC3)[nH]n2)c(C)c1. The first-order chi connectivity index (χ1) is 13.0. The fourth-order valence-electron chi connectivity index (χ4n) is 3.73. The Morgan fingerprint density at radius 1 is 1.11 bits per heavy atom. The number of H-pyrrole nitrogens is 1. The highest BCUT2D eigenvalue weighted by atomic mass is 16.2. The summed E-state index contributed by atoms with van der Waals surface area (Å²) in [5.74, 6) is 0.398. The molecule has 1 saturated heterocycles. The van der Waals surface area contributed by atoms with Gasteiger partial charge in [0.2, 0.25) is 5.91 Å². The number of hydrogen-bond donors (Lipinski definition) is 2. The molecule has 2 heterocycles. The van der Waals surface area contributed by atoms with E-state index in [0.29, 0.717) is 18.8 Å². The van der Waals surface area contributed by atoms with E-state index in [1.165, 1.54) is 5.56 Å². The largest absolute Gasteiger partial charge is 0.353 e. The first kappa shape index (κ1) is 17.8. The van der Waals surface area contributed by atoms with Crippen molar-refractivity contribution < 1.29 is 9.59 Å². The van der Waals surface area contributed by atoms with E-state index in [1.54, 1.807) is 0 Å². The molecule has 2 amide bonds. The molecule has 0 bridgehead atoms. The van der Waals surface area contributed by atoms with Gasteiger partial charge in [-0.05, 0) is 51.2 Å². The molecule has 1 aromatic heterocycles. The van der Waals surface area contributed by atoms with Gasteiger partial charge < -0.3 is 10.2 Å². The zero-order valence-electron chi connectivity index (χ0n) is 15.9. The molecule has 6 heteroatoms. The molecule has 0 radical (unpaired) electrons. The molecular formula is C21H26N4O2. The number of benzene rings is 1. The van der Waals surface area contributed by atoms with Gasteiger partial charge in [0.05, 0.1) is 5.69 Å². The van der Waals surface area contributed by atoms with Crippen LogP contribution in [0.5, 0.6) is 0 Å². The summed E-state index contributed by atoms with van der Waals surface area (Å²) in [6, 6.07) is 8.24. The van der Waals surface area contributed by atoms with Crippen LogP contribution in [0, 0.1) is 19.8 Å². The van der Waals surface area contributed by atoms with Crippen molar-refractivity contribution in [1.82, 2.24) is 20.4 Å². The van der Waals surface area contributed by atoms with Crippen molar-refractivity contribution >= 4 is 11.8 Å². The lowest BCUT2D eigenvalue weighted by Gasteiger charge is -2.32. The molecule has 2 N–H and O–H groups in total. The molecule has 1 aromatic carbocycles. The van der Waals surface area contributed by atoms with Crippen LogP contribution in [0.4, 0.5) is 0 Å². The second-order valence-corrected chi connectivity index (χ2v) is 7.83. The van der Waals surface area contributed by atoms with Crippen molar-refractivity contribution in [2.24, 2.45) is 5.92 Å². The normalized spacial score (nSPS) is 17.8. The minimum Gasteiger partial charge on any atom is -0.353 e. The highest BCUT2D eigenvalue weighted by molar-refractivity contribution is 5.93. The van der Waals surface area contributed by atoms with Gasteiger partial charge in [-0.15, -0.1) is 0 Å². The lowest BCUT2D eigenvalue weighted by Crippen LogP contribution is -2.47. The second kappa shape index (κ2) is 7.18. The summed E-state index contributed by atoms with van der Waals surface area (Å²) in [5.41, 5.74) is 4.71. The molecule has 1 aliphatic heterocycles. The maximum atomic E-state index is 12.8. The van der Waals surface area contributed by atoms with Gasteiger partial charge in [0.1, 0.15) is 5.69 Å². The molecule has 2 aliphatic rings. The number of nitrogens with zero attached hydrogens (tertiary/aromatic N) is 2. The molecular weight excluding hydrogens is 340 g/mol. The molecule has 1 aliphatic carbocycles. The van der Waals surface area contributed by atoms with Crippen LogP contribution in [0.15, 0.2) is 24.3 Å². The number of aromatic nitrogens is 2. The monoisotopic (exact) mass is 366 g/mol. The summed E-state index contributed by atoms with van der Waals surface area (Å²) in [6.07, 6.45) is 3.65. The van der Waals surface area contributed by atoms with Crippen LogP contribution in [-0.2, 0) is 4.79 Å². The Balaban J connectivity index is 1.37. The maximum Gasteiger partial charge on any atom is 0.271 e. The first-order valence-electron chi connectivity index (χ1n) is 9.74. The van der Waals surface area contributed by atoms with Gasteiger partial charge in [0.25, 0.3) is 5.91 Å². The molecule has 2 aromatic rings. The second-order valence-electron chi connectivity index (χ2n) is 7.83. The standard InChI is InChI=1S/C21H26N4O2/c1-13-3-6-17(14(2)11-13)18-12-19(24-23-18)21(27)25-9-7-16(8-10-25)22-20(26)15-4-5-15/h3,6,11-12,15-16H,4-5,7-10H2,1-2H3,(H,22,26)(H,23,24). The highest BCUT2D eigenvalue weighted by Gasteiger charge is 2.32. The predicted octanol–water partition coefficient (Wildman–Crippen LogP) is 2.82. The molecule has 27 heavy (non-hydrogen) atoms. The van der Waals surface area contributed by atoms with Crippen LogP contribution >= 0.6 is 0 Å². The number of likely N-dealkylation sites (tertiary alicyclic amines) is 1. The molecule has 0 atom stereocenters. The van der Waals surface area contributed by atoms with Gasteiger partial charge in [-0.25, -0.2) is 0 Å². The molecule has 142 valence electrons. The summed E-state index contributed by atoms with van der Waals surface area (Å²) in [7, 11) is 0. The van der Waals surface area contributed by atoms with E-state index in [0.717, 1.165) is 42.5 Å². The number of amides is 2. The van der Waals surface area contributed by atoms with Crippen molar-refractivity contribution in [2.75, 3.05) is 13.1 Å². The topological polar surface area (TPSA) is 78.1 Å². The number of carbonyl (C=O) groups excluding carboxylic acids is 2. The molecule has 1 saturated carbocycles. The molecule has 0 spiro atoms. The van der Waals surface area contributed by atoms with Gasteiger partial charge in [0.15, 0.2) is 0 Å². The number of carbonyl (C=O) groups is 2. The molecule has 2 fully saturated rings. The van der Waals surface area contributed by atoms with Crippen LogP contribution in [0.3, 0.4) is 0 Å². The summed E-state index contributed by atoms with van der Waals surface area (Å²) in [4.78, 5) is 26.5. The van der Waals surface area contributed by atoms with E-state index in [4.69, 9.17) is 0 Å². The van der Waals surface area contributed by atoms with E-state index in [1.807, 2.05) is 17.0 Å². The van der Waals surface area contributed by atoms with E-state index in [2.05, 4.69) is 41.5 Å². The lowest BCUT2D eigenvalue weighted by molar-refractivity contribution is -0.123. The summed E-state index contributed by atoms with van der Waals surface area (Å²) >= 11 is 0. The Kier molecular flexibility index (Phi) is 4.72. The minimum absolute atomic E-state index is 0.0227. The molecule has 4 rings (SSSR count). The Hall–Kier alpha value is -2.63. The maximum absolute atomic E-state index is 12.8. The third-order valence-corrected chi connectivity index (χ3v) is 5.54. The fraction of sp³-hybridized carbons (Fsp3) is 0.476. The van der Waals surface area contributed by atoms with Gasteiger partial charge >= 0.3 is 0 Å². The molecule has 6 nitrogen and oxygen atoms in total. The van der Waals surface area contributed by atoms with Crippen LogP contribution < -0.4 is 5.32 Å². The van der Waals surface area contributed by atoms with Crippen molar-refractivity contribution in [1.29, 1.82) is 0 Å². The zero-order chi connectivity index (χ0) is 19.0. The average molecular weight is 366 g/mol. The number of nitrogens with one attached hydrogen (secondary N) is 2. The van der Waals surface area contributed by atoms with Gasteiger partial charge in [-0.2, -0.15) is 5.10 Å². The van der Waals surface area contributed by atoms with Gasteiger partial charge in [0, 0.05) is 30.6 Å². The van der Waals surface area contributed by atoms with Gasteiger partial charge in [-0.1, -0.05) is 23.8 Å². The number of piperidine rings is 1. The van der Waals surface area contributed by atoms with Crippen LogP contribution in [0.1, 0.15) is 47.3 Å². The molecule has 0 unspecified atom stereocenters. The van der Waals surface area contributed by atoms with E-state index < -0.39 is 0 Å². The number of hydrogen-bond acceptors (Lipinski definition) is 3. The lowest BCUT2D eigenvalue weighted by atomic mass is 10.0. The van der Waals surface area contributed by atoms with Crippen LogP contribution in [0.2, 0.25) is 0 Å². The van der Waals surface area contributed by atoms with Crippen molar-refractivity contribution in [2.45, 2.75) is 45.6 Å². The quantitative estimate of drug-likeness (QED) is 0.873. The number of aromatic amines is 1. The zero-order valence-corrected chi connectivity index (χ0v) is 15.9. The fourth-order valence-corrected chi connectivity index (χ4v) is 3.73. The van der Waals surface area contributed by atoms with Crippen molar-refractivity contribution in [3.63, 3.8) is 0 Å². The summed E-state index contributed by atoms with van der Waals surface area (Å²) in [5, 5.41) is 10.4. The summed E-state index contributed by atoms with van der Waals surface area (Å²) in [6.45, 7) is 5.44. The summed E-state index contributed by atoms with van der Waals surface area (Å²) < 4.78 is 0. The predicted molar refractivity (Wildman–Crippen MR) is 103 cm³/mol. The first-order valence-corrected chi connectivity index (χ1v) is 9.74. The van der Waals surface area contributed by atoms with E-state index >= 15 is 0 Å². The average Bonchev–Trinajstić information content (AvgIpc) is 3.40. The third-order valence-electron chi connectivity index (χ3n) is 5.54. The van der Waals surface area contributed by atoms with Gasteiger partial charge in [-0.3, -0.25) is 14.7 Å².